The Balaban J connectivity index is 1.87. The van der Waals surface area contributed by atoms with Crippen molar-refractivity contribution in [3.63, 3.8) is 0 Å². The van der Waals surface area contributed by atoms with Gasteiger partial charge in [-0.05, 0) is 49.8 Å². The number of allylic oxidation sites excluding steroid dienone is 1. The summed E-state index contributed by atoms with van der Waals surface area (Å²) in [4.78, 5) is 0. The summed E-state index contributed by atoms with van der Waals surface area (Å²) in [6.45, 7) is 6.31. The number of fused-ring (bicyclic) bond motifs is 1. The zero-order chi connectivity index (χ0) is 14.3. The molecule has 0 bridgehead atoms. The van der Waals surface area contributed by atoms with Crippen LogP contribution in [0.2, 0.25) is 0 Å². The van der Waals surface area contributed by atoms with Crippen molar-refractivity contribution >= 4 is 11.9 Å². The fourth-order valence-corrected chi connectivity index (χ4v) is 2.51. The molecule has 2 aliphatic heterocycles. The third-order valence-corrected chi connectivity index (χ3v) is 4.07. The normalized spacial score (nSPS) is 27.4. The third kappa shape index (κ3) is 1.97. The van der Waals surface area contributed by atoms with Crippen LogP contribution < -0.4 is 10.5 Å². The monoisotopic (exact) mass is 269 g/mol. The quantitative estimate of drug-likeness (QED) is 0.839. The molecule has 4 nitrogen and oxygen atoms in total. The Labute approximate surface area is 119 Å². The van der Waals surface area contributed by atoms with Crippen LogP contribution in [0.25, 0.3) is 0 Å². The van der Waals surface area contributed by atoms with E-state index in [9.17, 15) is 0 Å². The SMILES string of the molecule is Cc1cc(N)ccc1OC1=CC2(C)C(C)C=NN2C=C1. The Morgan fingerprint density at radius 1 is 1.40 bits per heavy atom. The summed E-state index contributed by atoms with van der Waals surface area (Å²) in [6.07, 6.45) is 7.99. The van der Waals surface area contributed by atoms with Crippen LogP contribution >= 0.6 is 0 Å². The van der Waals surface area contributed by atoms with Crippen molar-refractivity contribution in [1.82, 2.24) is 5.01 Å². The fraction of sp³-hybridized carbons (Fsp3) is 0.312. The second kappa shape index (κ2) is 4.40. The highest BCUT2D eigenvalue weighted by Gasteiger charge is 2.40. The number of nitrogen functional groups attached to an aromatic ring is 1. The molecule has 0 saturated carbocycles. The first-order valence-electron chi connectivity index (χ1n) is 6.77. The maximum Gasteiger partial charge on any atom is 0.130 e. The molecule has 2 unspecified atom stereocenters. The van der Waals surface area contributed by atoms with Crippen LogP contribution in [0.4, 0.5) is 5.69 Å². The molecule has 4 heteroatoms. The van der Waals surface area contributed by atoms with Crippen molar-refractivity contribution in [3.05, 3.63) is 47.9 Å². The minimum absolute atomic E-state index is 0.147. The molecule has 104 valence electrons. The molecule has 3 rings (SSSR count). The lowest BCUT2D eigenvalue weighted by molar-refractivity contribution is 0.208. The number of aryl methyl sites for hydroxylation is 1. The zero-order valence-electron chi connectivity index (χ0n) is 12.0. The van der Waals surface area contributed by atoms with Crippen molar-refractivity contribution in [2.45, 2.75) is 26.3 Å². The number of hydrogen-bond donors (Lipinski definition) is 1. The number of benzene rings is 1. The Bertz CT molecular complexity index is 633. The number of hydrazone groups is 1. The van der Waals surface area contributed by atoms with Crippen LogP contribution in [-0.2, 0) is 0 Å². The molecule has 1 aromatic carbocycles. The van der Waals surface area contributed by atoms with Gasteiger partial charge in [0.1, 0.15) is 11.5 Å². The smallest absolute Gasteiger partial charge is 0.130 e. The van der Waals surface area contributed by atoms with Gasteiger partial charge in [-0.15, -0.1) is 0 Å². The first-order valence-corrected chi connectivity index (χ1v) is 6.77. The van der Waals surface area contributed by atoms with Crippen LogP contribution in [0.5, 0.6) is 5.75 Å². The van der Waals surface area contributed by atoms with Gasteiger partial charge in [-0.2, -0.15) is 5.10 Å². The Morgan fingerprint density at radius 2 is 2.20 bits per heavy atom. The number of hydrogen-bond acceptors (Lipinski definition) is 4. The van der Waals surface area contributed by atoms with E-state index in [1.165, 1.54) is 0 Å². The van der Waals surface area contributed by atoms with Gasteiger partial charge in [0.25, 0.3) is 0 Å². The maximum atomic E-state index is 6.00. The molecule has 1 aromatic rings. The van der Waals surface area contributed by atoms with Crippen molar-refractivity contribution < 1.29 is 4.74 Å². The highest BCUT2D eigenvalue weighted by atomic mass is 16.5. The second-order valence-corrected chi connectivity index (χ2v) is 5.61. The standard InChI is InChI=1S/C16H19N3O/c1-11-8-13(17)4-5-15(11)20-14-6-7-19-16(3,9-14)12(2)10-18-19/h4-10,12H,17H2,1-3H3. The zero-order valence-corrected chi connectivity index (χ0v) is 12.0. The second-order valence-electron chi connectivity index (χ2n) is 5.61. The summed E-state index contributed by atoms with van der Waals surface area (Å²) in [5.74, 6) is 2.02. The molecular weight excluding hydrogens is 250 g/mol. The minimum atomic E-state index is -0.147. The molecule has 0 aliphatic carbocycles. The molecule has 0 amide bonds. The fourth-order valence-electron chi connectivity index (χ4n) is 2.51. The summed E-state index contributed by atoms with van der Waals surface area (Å²) in [7, 11) is 0. The number of ether oxygens (including phenoxy) is 1. The molecular formula is C16H19N3O. The molecule has 0 radical (unpaired) electrons. The van der Waals surface area contributed by atoms with Crippen molar-refractivity contribution in [1.29, 1.82) is 0 Å². The van der Waals surface area contributed by atoms with Gasteiger partial charge in [0, 0.05) is 24.0 Å². The van der Waals surface area contributed by atoms with Crippen LogP contribution in [0.15, 0.2) is 47.4 Å². The Hall–Kier alpha value is -2.23. The number of rotatable bonds is 2. The lowest BCUT2D eigenvalue weighted by Gasteiger charge is -2.35. The molecule has 0 saturated heterocycles. The average Bonchev–Trinajstić information content (AvgIpc) is 2.69. The Morgan fingerprint density at radius 3 is 2.95 bits per heavy atom. The van der Waals surface area contributed by atoms with Gasteiger partial charge in [-0.25, -0.2) is 0 Å². The van der Waals surface area contributed by atoms with E-state index in [-0.39, 0.29) is 5.54 Å². The third-order valence-electron chi connectivity index (χ3n) is 4.07. The van der Waals surface area contributed by atoms with E-state index in [2.05, 4.69) is 25.0 Å². The van der Waals surface area contributed by atoms with Gasteiger partial charge in [-0.1, -0.05) is 6.92 Å². The average molecular weight is 269 g/mol. The lowest BCUT2D eigenvalue weighted by atomic mass is 9.86. The van der Waals surface area contributed by atoms with E-state index >= 15 is 0 Å². The molecule has 0 aromatic heterocycles. The van der Waals surface area contributed by atoms with Crippen LogP contribution in [0, 0.1) is 12.8 Å². The van der Waals surface area contributed by atoms with Crippen LogP contribution in [0.1, 0.15) is 19.4 Å². The van der Waals surface area contributed by atoms with E-state index in [0.717, 1.165) is 22.8 Å². The molecule has 2 heterocycles. The van der Waals surface area contributed by atoms with Crippen molar-refractivity contribution in [2.24, 2.45) is 11.0 Å². The molecule has 20 heavy (non-hydrogen) atoms. The topological polar surface area (TPSA) is 50.9 Å². The van der Waals surface area contributed by atoms with Gasteiger partial charge in [0.2, 0.25) is 0 Å². The first kappa shape index (κ1) is 12.8. The molecule has 2 N–H and O–H groups in total. The maximum absolute atomic E-state index is 6.00. The molecule has 0 fully saturated rings. The summed E-state index contributed by atoms with van der Waals surface area (Å²) in [5, 5.41) is 6.36. The number of nitrogens with two attached hydrogens (primary N) is 1. The number of anilines is 1. The van der Waals surface area contributed by atoms with Crippen molar-refractivity contribution in [3.8, 4) is 5.75 Å². The summed E-state index contributed by atoms with van der Waals surface area (Å²) < 4.78 is 6.00. The van der Waals surface area contributed by atoms with Gasteiger partial charge >= 0.3 is 0 Å². The van der Waals surface area contributed by atoms with E-state index in [1.54, 1.807) is 0 Å². The van der Waals surface area contributed by atoms with Gasteiger partial charge < -0.3 is 10.5 Å². The minimum Gasteiger partial charge on any atom is -0.457 e. The number of nitrogens with zero attached hydrogens (tertiary/aromatic N) is 2. The van der Waals surface area contributed by atoms with Crippen molar-refractivity contribution in [2.75, 3.05) is 5.73 Å². The predicted octanol–water partition coefficient (Wildman–Crippen LogP) is 3.06. The summed E-state index contributed by atoms with van der Waals surface area (Å²) in [5.41, 5.74) is 7.39. The van der Waals surface area contributed by atoms with Gasteiger partial charge in [0.15, 0.2) is 0 Å². The van der Waals surface area contributed by atoms with Gasteiger partial charge in [-0.3, -0.25) is 5.01 Å². The van der Waals surface area contributed by atoms with E-state index < -0.39 is 0 Å². The molecule has 0 spiro atoms. The predicted molar refractivity (Wildman–Crippen MR) is 81.3 cm³/mol. The Kier molecular flexibility index (Phi) is 2.82. The van der Waals surface area contributed by atoms with E-state index in [4.69, 9.17) is 10.5 Å². The molecule has 2 atom stereocenters. The highest BCUT2D eigenvalue weighted by Crippen LogP contribution is 2.36. The summed E-state index contributed by atoms with van der Waals surface area (Å²) in [6, 6.07) is 5.67. The van der Waals surface area contributed by atoms with E-state index in [0.29, 0.717) is 5.92 Å². The van der Waals surface area contributed by atoms with Gasteiger partial charge in [0.05, 0.1) is 5.54 Å². The largest absolute Gasteiger partial charge is 0.457 e. The first-order chi connectivity index (χ1) is 9.49. The highest BCUT2D eigenvalue weighted by molar-refractivity contribution is 5.66. The van der Waals surface area contributed by atoms with Crippen LogP contribution in [-0.4, -0.2) is 16.8 Å². The molecule has 2 aliphatic rings. The summed E-state index contributed by atoms with van der Waals surface area (Å²) >= 11 is 0. The lowest BCUT2D eigenvalue weighted by Crippen LogP contribution is -2.41. The van der Waals surface area contributed by atoms with E-state index in [1.807, 2.05) is 48.6 Å². The van der Waals surface area contributed by atoms with Crippen LogP contribution in [0.3, 0.4) is 0 Å².